The molecule has 23 heavy (non-hydrogen) atoms. The van der Waals surface area contributed by atoms with Crippen LogP contribution in [0.3, 0.4) is 0 Å². The molecule has 4 heteroatoms. The largest absolute Gasteiger partial charge is 0.347 e. The summed E-state index contributed by atoms with van der Waals surface area (Å²) in [5, 5.41) is 5.33. The van der Waals surface area contributed by atoms with Gasteiger partial charge in [0.15, 0.2) is 0 Å². The van der Waals surface area contributed by atoms with Crippen molar-refractivity contribution in [2.24, 2.45) is 0 Å². The fourth-order valence-corrected chi connectivity index (χ4v) is 2.29. The van der Waals surface area contributed by atoms with Gasteiger partial charge in [0.2, 0.25) is 0 Å². The first-order chi connectivity index (χ1) is 11.1. The van der Waals surface area contributed by atoms with Gasteiger partial charge in [-0.3, -0.25) is 9.59 Å². The van der Waals surface area contributed by atoms with Gasteiger partial charge < -0.3 is 10.6 Å². The molecule has 1 atom stereocenters. The maximum atomic E-state index is 11.9. The highest BCUT2D eigenvalue weighted by Crippen LogP contribution is 2.12. The second-order valence-corrected chi connectivity index (χ2v) is 5.63. The van der Waals surface area contributed by atoms with Crippen LogP contribution >= 0.6 is 0 Å². The first-order valence-corrected chi connectivity index (χ1v) is 7.73. The normalized spacial score (nSPS) is 11.6. The summed E-state index contributed by atoms with van der Waals surface area (Å²) in [7, 11) is 0. The van der Waals surface area contributed by atoms with E-state index in [1.54, 1.807) is 0 Å². The van der Waals surface area contributed by atoms with Crippen LogP contribution in [-0.2, 0) is 16.1 Å². The van der Waals surface area contributed by atoms with Crippen molar-refractivity contribution in [2.75, 3.05) is 6.54 Å². The molecule has 120 valence electrons. The number of carbonyl (C=O) groups excluding carboxylic acids is 2. The van der Waals surface area contributed by atoms with Gasteiger partial charge in [-0.25, -0.2) is 0 Å². The van der Waals surface area contributed by atoms with E-state index in [4.69, 9.17) is 0 Å². The van der Waals surface area contributed by atoms with Gasteiger partial charge in [0, 0.05) is 13.1 Å². The van der Waals surface area contributed by atoms with Gasteiger partial charge in [-0.15, -0.1) is 0 Å². The van der Waals surface area contributed by atoms with Crippen LogP contribution in [-0.4, -0.2) is 18.4 Å². The Morgan fingerprint density at radius 2 is 1.52 bits per heavy atom. The van der Waals surface area contributed by atoms with Crippen molar-refractivity contribution in [3.8, 4) is 0 Å². The van der Waals surface area contributed by atoms with Crippen LogP contribution in [0, 0.1) is 6.92 Å². The fraction of sp³-hybridized carbons (Fsp3) is 0.263. The molecule has 0 aliphatic carbocycles. The zero-order chi connectivity index (χ0) is 16.7. The lowest BCUT2D eigenvalue weighted by Crippen LogP contribution is -2.40. The average Bonchev–Trinajstić information content (AvgIpc) is 2.59. The second-order valence-electron chi connectivity index (χ2n) is 5.63. The number of amides is 2. The Bertz CT molecular complexity index is 668. The van der Waals surface area contributed by atoms with Crippen molar-refractivity contribution in [3.05, 3.63) is 71.3 Å². The summed E-state index contributed by atoms with van der Waals surface area (Å²) in [5.74, 6) is -1.04. The Balaban J connectivity index is 1.79. The minimum Gasteiger partial charge on any atom is -0.347 e. The molecule has 0 aliphatic heterocycles. The highest BCUT2D eigenvalue weighted by Gasteiger charge is 2.14. The second kappa shape index (κ2) is 8.13. The molecule has 0 saturated carbocycles. The van der Waals surface area contributed by atoms with Crippen LogP contribution < -0.4 is 10.6 Å². The molecule has 0 heterocycles. The zero-order valence-corrected chi connectivity index (χ0v) is 13.5. The van der Waals surface area contributed by atoms with E-state index in [1.165, 1.54) is 0 Å². The number of carbonyl (C=O) groups is 2. The third kappa shape index (κ3) is 4.95. The van der Waals surface area contributed by atoms with Gasteiger partial charge in [0.05, 0.1) is 0 Å². The van der Waals surface area contributed by atoms with Crippen molar-refractivity contribution in [3.63, 3.8) is 0 Å². The predicted octanol–water partition coefficient (Wildman–Crippen LogP) is 2.53. The topological polar surface area (TPSA) is 58.2 Å². The minimum atomic E-state index is -0.603. The smallest absolute Gasteiger partial charge is 0.309 e. The van der Waals surface area contributed by atoms with Gasteiger partial charge in [-0.05, 0) is 29.5 Å². The van der Waals surface area contributed by atoms with Crippen molar-refractivity contribution >= 4 is 11.8 Å². The summed E-state index contributed by atoms with van der Waals surface area (Å²) < 4.78 is 0. The number of rotatable bonds is 5. The lowest BCUT2D eigenvalue weighted by molar-refractivity contribution is -0.139. The highest BCUT2D eigenvalue weighted by molar-refractivity contribution is 6.35. The average molecular weight is 310 g/mol. The summed E-state index contributed by atoms with van der Waals surface area (Å²) in [6.45, 7) is 4.78. The fourth-order valence-electron chi connectivity index (χ4n) is 2.29. The molecule has 0 fully saturated rings. The molecule has 0 aliphatic rings. The van der Waals surface area contributed by atoms with Crippen molar-refractivity contribution in [1.82, 2.24) is 10.6 Å². The van der Waals surface area contributed by atoms with Crippen LogP contribution in [0.25, 0.3) is 0 Å². The van der Waals surface area contributed by atoms with Crippen LogP contribution in [0.4, 0.5) is 0 Å². The number of hydrogen-bond acceptors (Lipinski definition) is 2. The van der Waals surface area contributed by atoms with Crippen molar-refractivity contribution in [2.45, 2.75) is 26.3 Å². The lowest BCUT2D eigenvalue weighted by atomic mass is 10.0. The monoisotopic (exact) mass is 310 g/mol. The number of nitrogens with one attached hydrogen (secondary N) is 2. The molecule has 0 saturated heterocycles. The third-order valence-corrected chi connectivity index (χ3v) is 3.84. The Morgan fingerprint density at radius 3 is 2.22 bits per heavy atom. The quantitative estimate of drug-likeness (QED) is 0.834. The Morgan fingerprint density at radius 1 is 0.913 bits per heavy atom. The van der Waals surface area contributed by atoms with Crippen LogP contribution in [0.1, 0.15) is 29.5 Å². The van der Waals surface area contributed by atoms with Crippen molar-refractivity contribution in [1.29, 1.82) is 0 Å². The van der Waals surface area contributed by atoms with E-state index in [9.17, 15) is 9.59 Å². The predicted molar refractivity (Wildman–Crippen MR) is 90.9 cm³/mol. The van der Waals surface area contributed by atoms with Crippen LogP contribution in [0.5, 0.6) is 0 Å². The first kappa shape index (κ1) is 16.7. The first-order valence-electron chi connectivity index (χ1n) is 7.73. The summed E-state index contributed by atoms with van der Waals surface area (Å²) in [5.41, 5.74) is 3.23. The summed E-state index contributed by atoms with van der Waals surface area (Å²) in [6.07, 6.45) is 0. The molecule has 0 spiro atoms. The molecule has 2 N–H and O–H groups in total. The van der Waals surface area contributed by atoms with E-state index in [0.717, 1.165) is 16.7 Å². The van der Waals surface area contributed by atoms with Crippen molar-refractivity contribution < 1.29 is 9.59 Å². The number of aryl methyl sites for hydroxylation is 1. The Labute approximate surface area is 136 Å². The summed E-state index contributed by atoms with van der Waals surface area (Å²) in [4.78, 5) is 23.7. The molecule has 2 rings (SSSR count). The Hall–Kier alpha value is -2.62. The summed E-state index contributed by atoms with van der Waals surface area (Å²) in [6, 6.07) is 17.7. The van der Waals surface area contributed by atoms with E-state index < -0.39 is 11.8 Å². The van der Waals surface area contributed by atoms with E-state index >= 15 is 0 Å². The SMILES string of the molecule is Cc1ccccc1CNC(=O)C(=O)NC[C@@H](C)c1ccccc1. The maximum Gasteiger partial charge on any atom is 0.309 e. The third-order valence-electron chi connectivity index (χ3n) is 3.84. The molecule has 0 unspecified atom stereocenters. The molecule has 0 aromatic heterocycles. The summed E-state index contributed by atoms with van der Waals surface area (Å²) >= 11 is 0. The van der Waals surface area contributed by atoms with Gasteiger partial charge in [-0.2, -0.15) is 0 Å². The zero-order valence-electron chi connectivity index (χ0n) is 13.5. The van der Waals surface area contributed by atoms with E-state index in [1.807, 2.05) is 68.4 Å². The van der Waals surface area contributed by atoms with Gasteiger partial charge in [0.25, 0.3) is 0 Å². The maximum absolute atomic E-state index is 11.9. The molecular formula is C19H22N2O2. The lowest BCUT2D eigenvalue weighted by Gasteiger charge is -2.13. The van der Waals surface area contributed by atoms with Crippen LogP contribution in [0.2, 0.25) is 0 Å². The van der Waals surface area contributed by atoms with E-state index in [0.29, 0.717) is 13.1 Å². The Kier molecular flexibility index (Phi) is 5.92. The molecule has 2 aromatic carbocycles. The van der Waals surface area contributed by atoms with Crippen LogP contribution in [0.15, 0.2) is 54.6 Å². The minimum absolute atomic E-state index is 0.157. The number of hydrogen-bond donors (Lipinski definition) is 2. The number of benzene rings is 2. The molecule has 4 nitrogen and oxygen atoms in total. The molecular weight excluding hydrogens is 288 g/mol. The molecule has 2 aromatic rings. The highest BCUT2D eigenvalue weighted by atomic mass is 16.2. The molecule has 2 amide bonds. The van der Waals surface area contributed by atoms with E-state index in [-0.39, 0.29) is 5.92 Å². The standard InChI is InChI=1S/C19H22N2O2/c1-14-8-6-7-11-17(14)13-21-19(23)18(22)20-12-15(2)16-9-4-3-5-10-16/h3-11,15H,12-13H2,1-2H3,(H,20,22)(H,21,23)/t15-/m1/s1. The molecule has 0 bridgehead atoms. The molecule has 0 radical (unpaired) electrons. The van der Waals surface area contributed by atoms with Gasteiger partial charge in [-0.1, -0.05) is 61.5 Å². The van der Waals surface area contributed by atoms with Gasteiger partial charge >= 0.3 is 11.8 Å². The van der Waals surface area contributed by atoms with E-state index in [2.05, 4.69) is 10.6 Å². The van der Waals surface area contributed by atoms with Gasteiger partial charge in [0.1, 0.15) is 0 Å².